The number of aromatic amines is 1. The molecule has 0 aliphatic rings. The number of thiazole rings is 1. The van der Waals surface area contributed by atoms with Gasteiger partial charge in [-0.1, -0.05) is 35.7 Å². The molecule has 1 aromatic carbocycles. The molecule has 3 aromatic rings. The summed E-state index contributed by atoms with van der Waals surface area (Å²) in [6.07, 6.45) is 1.67. The fraction of sp³-hybridized carbons (Fsp3) is 0. The summed E-state index contributed by atoms with van der Waals surface area (Å²) in [6.45, 7) is 0. The lowest BCUT2D eigenvalue weighted by Crippen LogP contribution is -2.20. The Hall–Kier alpha value is -1.64. The molecular formula is C12H7BrN4OS2. The molecule has 8 heteroatoms. The average molecular weight is 367 g/mol. The summed E-state index contributed by atoms with van der Waals surface area (Å²) >= 11 is 9.97. The maximum Gasteiger partial charge on any atom is 0.259 e. The van der Waals surface area contributed by atoms with Gasteiger partial charge in [0.15, 0.2) is 11.0 Å². The Morgan fingerprint density at radius 3 is 2.95 bits per heavy atom. The van der Waals surface area contributed by atoms with Crippen LogP contribution in [0.25, 0.3) is 10.9 Å². The third-order valence-corrected chi connectivity index (χ3v) is 4.21. The molecule has 20 heavy (non-hydrogen) atoms. The Kier molecular flexibility index (Phi) is 3.60. The summed E-state index contributed by atoms with van der Waals surface area (Å²) in [4.78, 5) is 23.4. The van der Waals surface area contributed by atoms with Crippen molar-refractivity contribution in [2.75, 3.05) is 5.32 Å². The zero-order chi connectivity index (χ0) is 14.1. The number of hydrogen-bond donors (Lipinski definition) is 2. The SMILES string of the molecule is O=c1[nH]c(C(=S)Nc2ncc(Br)s2)nc2ccccc12. The number of fused-ring (bicyclic) bond motifs is 1. The molecule has 0 radical (unpaired) electrons. The molecular weight excluding hydrogens is 360 g/mol. The lowest BCUT2D eigenvalue weighted by molar-refractivity contribution is 1.14. The second-order valence-electron chi connectivity index (χ2n) is 3.86. The Morgan fingerprint density at radius 1 is 1.40 bits per heavy atom. The highest BCUT2D eigenvalue weighted by Gasteiger charge is 2.09. The predicted octanol–water partition coefficient (Wildman–Crippen LogP) is 2.93. The van der Waals surface area contributed by atoms with Gasteiger partial charge in [-0.05, 0) is 28.1 Å². The highest BCUT2D eigenvalue weighted by Crippen LogP contribution is 2.23. The summed E-state index contributed by atoms with van der Waals surface area (Å²) in [5, 5.41) is 4.12. The minimum Gasteiger partial charge on any atom is -0.319 e. The summed E-state index contributed by atoms with van der Waals surface area (Å²) in [5.41, 5.74) is 0.394. The minimum atomic E-state index is -0.213. The van der Waals surface area contributed by atoms with E-state index in [4.69, 9.17) is 12.2 Å². The van der Waals surface area contributed by atoms with Crippen LogP contribution in [-0.2, 0) is 0 Å². The van der Waals surface area contributed by atoms with E-state index >= 15 is 0 Å². The van der Waals surface area contributed by atoms with Crippen LogP contribution in [0.5, 0.6) is 0 Å². The highest BCUT2D eigenvalue weighted by atomic mass is 79.9. The summed E-state index contributed by atoms with van der Waals surface area (Å²) in [7, 11) is 0. The molecule has 5 nitrogen and oxygen atoms in total. The summed E-state index contributed by atoms with van der Waals surface area (Å²) < 4.78 is 0.891. The normalized spacial score (nSPS) is 10.7. The number of anilines is 1. The van der Waals surface area contributed by atoms with Crippen LogP contribution in [0.2, 0.25) is 0 Å². The maximum atomic E-state index is 12.0. The van der Waals surface area contributed by atoms with E-state index in [1.165, 1.54) is 11.3 Å². The number of H-pyrrole nitrogens is 1. The summed E-state index contributed by atoms with van der Waals surface area (Å²) in [6, 6.07) is 7.12. The van der Waals surface area contributed by atoms with Crippen molar-refractivity contribution in [3.63, 3.8) is 0 Å². The number of benzene rings is 1. The molecule has 0 saturated carbocycles. The topological polar surface area (TPSA) is 70.7 Å². The number of halogens is 1. The van der Waals surface area contributed by atoms with Crippen molar-refractivity contribution in [2.24, 2.45) is 0 Å². The molecule has 0 amide bonds. The fourth-order valence-electron chi connectivity index (χ4n) is 1.66. The van der Waals surface area contributed by atoms with Gasteiger partial charge in [-0.15, -0.1) is 0 Å². The Balaban J connectivity index is 1.97. The van der Waals surface area contributed by atoms with Crippen molar-refractivity contribution in [3.8, 4) is 0 Å². The van der Waals surface area contributed by atoms with Gasteiger partial charge < -0.3 is 10.3 Å². The lowest BCUT2D eigenvalue weighted by atomic mass is 10.2. The molecule has 0 atom stereocenters. The van der Waals surface area contributed by atoms with Crippen LogP contribution in [0.3, 0.4) is 0 Å². The average Bonchev–Trinajstić information content (AvgIpc) is 2.84. The van der Waals surface area contributed by atoms with E-state index in [-0.39, 0.29) is 5.56 Å². The molecule has 2 heterocycles. The van der Waals surface area contributed by atoms with Crippen molar-refractivity contribution in [2.45, 2.75) is 0 Å². The van der Waals surface area contributed by atoms with Crippen LogP contribution >= 0.6 is 39.5 Å². The van der Waals surface area contributed by atoms with Gasteiger partial charge in [0.25, 0.3) is 5.56 Å². The number of hydrogen-bond acceptors (Lipinski definition) is 5. The van der Waals surface area contributed by atoms with E-state index in [1.807, 2.05) is 6.07 Å². The van der Waals surface area contributed by atoms with Crippen molar-refractivity contribution in [1.82, 2.24) is 15.0 Å². The molecule has 100 valence electrons. The minimum absolute atomic E-state index is 0.213. The van der Waals surface area contributed by atoms with Crippen LogP contribution in [0.1, 0.15) is 5.82 Å². The van der Waals surface area contributed by atoms with Gasteiger partial charge in [0.1, 0.15) is 4.99 Å². The van der Waals surface area contributed by atoms with E-state index in [0.717, 1.165) is 3.79 Å². The third-order valence-electron chi connectivity index (χ3n) is 2.53. The van der Waals surface area contributed by atoms with Gasteiger partial charge in [0.2, 0.25) is 0 Å². The maximum absolute atomic E-state index is 12.0. The molecule has 0 aliphatic carbocycles. The second kappa shape index (κ2) is 5.39. The number of rotatable bonds is 2. The Labute approximate surface area is 131 Å². The van der Waals surface area contributed by atoms with Crippen molar-refractivity contribution < 1.29 is 0 Å². The smallest absolute Gasteiger partial charge is 0.259 e. The molecule has 3 rings (SSSR count). The Bertz CT molecular complexity index is 858. The lowest BCUT2D eigenvalue weighted by Gasteiger charge is -2.05. The molecule has 0 unspecified atom stereocenters. The highest BCUT2D eigenvalue weighted by molar-refractivity contribution is 9.11. The van der Waals surface area contributed by atoms with E-state index in [2.05, 4.69) is 36.2 Å². The zero-order valence-corrected chi connectivity index (χ0v) is 13.1. The number of aromatic nitrogens is 3. The molecule has 0 saturated heterocycles. The van der Waals surface area contributed by atoms with Crippen molar-refractivity contribution in [3.05, 3.63) is 50.4 Å². The quantitative estimate of drug-likeness (QED) is 0.682. The van der Waals surface area contributed by atoms with Gasteiger partial charge in [0.05, 0.1) is 20.9 Å². The van der Waals surface area contributed by atoms with Gasteiger partial charge in [0, 0.05) is 0 Å². The van der Waals surface area contributed by atoms with Gasteiger partial charge in [-0.3, -0.25) is 4.79 Å². The van der Waals surface area contributed by atoms with Gasteiger partial charge in [-0.2, -0.15) is 0 Å². The van der Waals surface area contributed by atoms with Crippen LogP contribution in [0.4, 0.5) is 5.13 Å². The van der Waals surface area contributed by atoms with Crippen LogP contribution in [0.15, 0.2) is 39.0 Å². The van der Waals surface area contributed by atoms with E-state index in [9.17, 15) is 4.79 Å². The first-order valence-electron chi connectivity index (χ1n) is 5.55. The van der Waals surface area contributed by atoms with Crippen molar-refractivity contribution >= 4 is 60.5 Å². The van der Waals surface area contributed by atoms with E-state index in [0.29, 0.717) is 26.8 Å². The second-order valence-corrected chi connectivity index (χ2v) is 6.67. The zero-order valence-electron chi connectivity index (χ0n) is 9.88. The van der Waals surface area contributed by atoms with Crippen LogP contribution < -0.4 is 10.9 Å². The first-order valence-corrected chi connectivity index (χ1v) is 7.57. The largest absolute Gasteiger partial charge is 0.319 e. The molecule has 0 spiro atoms. The fourth-order valence-corrected chi connectivity index (χ4v) is 3.03. The molecule has 2 aromatic heterocycles. The van der Waals surface area contributed by atoms with E-state index in [1.54, 1.807) is 24.4 Å². The monoisotopic (exact) mass is 366 g/mol. The number of thiocarbonyl (C=S) groups is 1. The van der Waals surface area contributed by atoms with Gasteiger partial charge in [-0.25, -0.2) is 9.97 Å². The van der Waals surface area contributed by atoms with Gasteiger partial charge >= 0.3 is 0 Å². The van der Waals surface area contributed by atoms with Crippen LogP contribution in [-0.4, -0.2) is 19.9 Å². The summed E-state index contributed by atoms with van der Waals surface area (Å²) in [5.74, 6) is 0.329. The number of nitrogens with zero attached hydrogens (tertiary/aromatic N) is 2. The third kappa shape index (κ3) is 2.62. The predicted molar refractivity (Wildman–Crippen MR) is 87.5 cm³/mol. The van der Waals surface area contributed by atoms with Crippen LogP contribution in [0, 0.1) is 0 Å². The molecule has 0 aliphatic heterocycles. The molecule has 0 bridgehead atoms. The first-order chi connectivity index (χ1) is 9.63. The number of para-hydroxylation sites is 1. The van der Waals surface area contributed by atoms with E-state index < -0.39 is 0 Å². The standard InChI is InChI=1S/C12H7BrN4OS2/c13-8-5-14-12(20-8)17-11(19)9-15-7-4-2-1-3-6(7)10(18)16-9/h1-5H,(H,14,17,19)(H,15,16,18). The first kappa shape index (κ1) is 13.3. The Morgan fingerprint density at radius 2 is 2.20 bits per heavy atom. The van der Waals surface area contributed by atoms with Crippen molar-refractivity contribution in [1.29, 1.82) is 0 Å². The number of nitrogens with one attached hydrogen (secondary N) is 2. The molecule has 0 fully saturated rings. The molecule has 2 N–H and O–H groups in total.